The van der Waals surface area contributed by atoms with Crippen LogP contribution in [0.15, 0.2) is 93.8 Å². The molecule has 0 bridgehead atoms. The highest BCUT2D eigenvalue weighted by atomic mass is 35.5. The number of allylic oxidation sites excluding steroid dienone is 5. The largest absolute Gasteiger partial charge is 0.872 e. The molecule has 4 nitrogen and oxygen atoms in total. The fraction of sp³-hybridized carbons (Fsp3) is 0. The van der Waals surface area contributed by atoms with Gasteiger partial charge in [0.05, 0.1) is 10.6 Å². The first-order valence-corrected chi connectivity index (χ1v) is 9.21. The average molecular weight is 371 g/mol. The molecular formula is C19H13ClNO3S-. The lowest BCUT2D eigenvalue weighted by Gasteiger charge is -2.19. The molecule has 1 aliphatic rings. The maximum absolute atomic E-state index is 12.7. The van der Waals surface area contributed by atoms with Crippen molar-refractivity contribution in [2.45, 2.75) is 4.90 Å². The van der Waals surface area contributed by atoms with Gasteiger partial charge in [-0.1, -0.05) is 65.9 Å². The van der Waals surface area contributed by atoms with Crippen LogP contribution in [0.2, 0.25) is 5.02 Å². The van der Waals surface area contributed by atoms with Gasteiger partial charge in [0.15, 0.2) is 0 Å². The van der Waals surface area contributed by atoms with Crippen molar-refractivity contribution in [1.82, 2.24) is 0 Å². The minimum absolute atomic E-state index is 0.0128. The van der Waals surface area contributed by atoms with E-state index < -0.39 is 10.0 Å². The molecule has 0 unspecified atom stereocenters. The van der Waals surface area contributed by atoms with Gasteiger partial charge in [-0.05, 0) is 41.5 Å². The standard InChI is InChI=1S/C19H14ClNO3S/c20-15-10-12-16(13-11-15)25(23,24)21-18-9-5-4-8-17(18)19(22)14-6-2-1-3-7-14/h1-13,22H/p-1. The summed E-state index contributed by atoms with van der Waals surface area (Å²) in [6.45, 7) is 0. The van der Waals surface area contributed by atoms with Gasteiger partial charge in [0.25, 0.3) is 10.0 Å². The van der Waals surface area contributed by atoms with Gasteiger partial charge in [0, 0.05) is 5.02 Å². The summed E-state index contributed by atoms with van der Waals surface area (Å²) in [5.41, 5.74) is 0.798. The summed E-state index contributed by atoms with van der Waals surface area (Å²) >= 11 is 5.79. The Labute approximate surface area is 151 Å². The molecule has 0 amide bonds. The second-order valence-corrected chi connectivity index (χ2v) is 7.27. The van der Waals surface area contributed by atoms with Crippen LogP contribution in [0.4, 0.5) is 0 Å². The van der Waals surface area contributed by atoms with Crippen molar-refractivity contribution >= 4 is 33.1 Å². The van der Waals surface area contributed by atoms with Crippen molar-refractivity contribution in [1.29, 1.82) is 0 Å². The van der Waals surface area contributed by atoms with Gasteiger partial charge in [0.2, 0.25) is 0 Å². The zero-order valence-electron chi connectivity index (χ0n) is 13.0. The summed E-state index contributed by atoms with van der Waals surface area (Å²) in [4.78, 5) is 0.0128. The van der Waals surface area contributed by atoms with Crippen LogP contribution in [0.1, 0.15) is 5.56 Å². The number of sulfonamides is 1. The molecule has 0 radical (unpaired) electrons. The zero-order valence-corrected chi connectivity index (χ0v) is 14.5. The molecule has 25 heavy (non-hydrogen) atoms. The second kappa shape index (κ2) is 7.09. The van der Waals surface area contributed by atoms with Gasteiger partial charge < -0.3 is 5.11 Å². The number of benzene rings is 2. The van der Waals surface area contributed by atoms with Crippen molar-refractivity contribution in [2.24, 2.45) is 4.40 Å². The fourth-order valence-electron chi connectivity index (χ4n) is 2.28. The van der Waals surface area contributed by atoms with Crippen LogP contribution >= 0.6 is 11.6 Å². The number of hydrogen-bond donors (Lipinski definition) is 0. The molecule has 0 N–H and O–H groups in total. The first-order chi connectivity index (χ1) is 12.0. The Morgan fingerprint density at radius 1 is 0.920 bits per heavy atom. The van der Waals surface area contributed by atoms with Crippen LogP contribution in [0.5, 0.6) is 0 Å². The average Bonchev–Trinajstić information content (AvgIpc) is 2.62. The Hall–Kier alpha value is -2.63. The van der Waals surface area contributed by atoms with Gasteiger partial charge in [-0.2, -0.15) is 12.8 Å². The predicted molar refractivity (Wildman–Crippen MR) is 97.7 cm³/mol. The Kier molecular flexibility index (Phi) is 4.88. The summed E-state index contributed by atoms with van der Waals surface area (Å²) in [6.07, 6.45) is 6.37. The molecule has 126 valence electrons. The monoisotopic (exact) mass is 370 g/mol. The third-order valence-corrected chi connectivity index (χ3v) is 5.07. The van der Waals surface area contributed by atoms with Crippen molar-refractivity contribution in [3.63, 3.8) is 0 Å². The summed E-state index contributed by atoms with van der Waals surface area (Å²) in [5.74, 6) is -0.286. The van der Waals surface area contributed by atoms with Crippen molar-refractivity contribution in [3.05, 3.63) is 95.1 Å². The Morgan fingerprint density at radius 3 is 2.24 bits per heavy atom. The molecule has 0 aromatic heterocycles. The third kappa shape index (κ3) is 3.90. The van der Waals surface area contributed by atoms with E-state index in [0.717, 1.165) is 0 Å². The second-order valence-electron chi connectivity index (χ2n) is 5.23. The summed E-state index contributed by atoms with van der Waals surface area (Å²) < 4.78 is 28.9. The van der Waals surface area contributed by atoms with Crippen LogP contribution in [0.25, 0.3) is 5.76 Å². The molecule has 0 fully saturated rings. The quantitative estimate of drug-likeness (QED) is 0.778. The van der Waals surface area contributed by atoms with Crippen LogP contribution in [0.3, 0.4) is 0 Å². The minimum Gasteiger partial charge on any atom is -0.872 e. The lowest BCUT2D eigenvalue weighted by Crippen LogP contribution is -2.14. The molecule has 0 heterocycles. The molecule has 0 atom stereocenters. The highest BCUT2D eigenvalue weighted by molar-refractivity contribution is 7.90. The number of halogens is 1. The van der Waals surface area contributed by atoms with E-state index in [4.69, 9.17) is 11.6 Å². The van der Waals surface area contributed by atoms with Gasteiger partial charge >= 0.3 is 0 Å². The van der Waals surface area contributed by atoms with Crippen molar-refractivity contribution in [3.8, 4) is 0 Å². The van der Waals surface area contributed by atoms with Gasteiger partial charge in [-0.15, -0.1) is 0 Å². The molecular weight excluding hydrogens is 358 g/mol. The molecule has 1 aliphatic carbocycles. The van der Waals surface area contributed by atoms with Gasteiger partial charge in [-0.25, -0.2) is 0 Å². The summed E-state index contributed by atoms with van der Waals surface area (Å²) in [7, 11) is -3.95. The van der Waals surface area contributed by atoms with Gasteiger partial charge in [0.1, 0.15) is 0 Å². The fourth-order valence-corrected chi connectivity index (χ4v) is 3.41. The highest BCUT2D eigenvalue weighted by Crippen LogP contribution is 2.22. The van der Waals surface area contributed by atoms with E-state index in [0.29, 0.717) is 10.6 Å². The normalized spacial score (nSPS) is 17.7. The lowest BCUT2D eigenvalue weighted by molar-refractivity contribution is -0.244. The SMILES string of the molecule is O=S(=O)(N=C1C=CC=CC1=C([O-])c1ccccc1)c1ccc(Cl)cc1. The van der Waals surface area contributed by atoms with E-state index in [1.165, 1.54) is 30.3 Å². The lowest BCUT2D eigenvalue weighted by atomic mass is 10.0. The molecule has 0 aliphatic heterocycles. The van der Waals surface area contributed by atoms with Crippen molar-refractivity contribution < 1.29 is 13.5 Å². The topological polar surface area (TPSA) is 69.6 Å². The Bertz CT molecular complexity index is 1000. The smallest absolute Gasteiger partial charge is 0.282 e. The molecule has 0 saturated carbocycles. The van der Waals surface area contributed by atoms with E-state index in [2.05, 4.69) is 4.40 Å². The first-order valence-electron chi connectivity index (χ1n) is 7.40. The summed E-state index contributed by atoms with van der Waals surface area (Å²) in [6, 6.07) is 14.4. The van der Waals surface area contributed by atoms with E-state index in [1.807, 2.05) is 0 Å². The predicted octanol–water partition coefficient (Wildman–Crippen LogP) is 3.37. The Balaban J connectivity index is 2.08. The van der Waals surface area contributed by atoms with E-state index in [-0.39, 0.29) is 21.9 Å². The maximum Gasteiger partial charge on any atom is 0.282 e. The Morgan fingerprint density at radius 2 is 1.56 bits per heavy atom. The molecule has 0 saturated heterocycles. The van der Waals surface area contributed by atoms with E-state index in [1.54, 1.807) is 48.6 Å². The number of hydrogen-bond acceptors (Lipinski definition) is 3. The minimum atomic E-state index is -3.95. The van der Waals surface area contributed by atoms with Crippen LogP contribution in [-0.2, 0) is 10.0 Å². The number of rotatable bonds is 3. The number of nitrogens with zero attached hydrogens (tertiary/aromatic N) is 1. The maximum atomic E-state index is 12.7. The van der Waals surface area contributed by atoms with Crippen molar-refractivity contribution in [2.75, 3.05) is 0 Å². The molecule has 0 spiro atoms. The van der Waals surface area contributed by atoms with Gasteiger partial charge in [-0.3, -0.25) is 0 Å². The summed E-state index contributed by atoms with van der Waals surface area (Å²) in [5, 5.41) is 13.1. The molecule has 6 heteroatoms. The first kappa shape index (κ1) is 17.2. The zero-order chi connectivity index (χ0) is 17.9. The molecule has 3 rings (SSSR count). The molecule has 2 aromatic carbocycles. The van der Waals surface area contributed by atoms with E-state index >= 15 is 0 Å². The van der Waals surface area contributed by atoms with Crippen LogP contribution < -0.4 is 5.11 Å². The van der Waals surface area contributed by atoms with E-state index in [9.17, 15) is 13.5 Å². The molecule has 2 aromatic rings. The third-order valence-electron chi connectivity index (χ3n) is 3.51. The highest BCUT2D eigenvalue weighted by Gasteiger charge is 2.16. The van der Waals surface area contributed by atoms with Crippen LogP contribution in [0, 0.1) is 0 Å². The van der Waals surface area contributed by atoms with Crippen LogP contribution in [-0.4, -0.2) is 14.1 Å².